The summed E-state index contributed by atoms with van der Waals surface area (Å²) in [4.78, 5) is 0. The lowest BCUT2D eigenvalue weighted by atomic mass is 10.0. The Balaban J connectivity index is 3.02. The minimum absolute atomic E-state index is 0.567. The van der Waals surface area contributed by atoms with Crippen LogP contribution in [0.25, 0.3) is 0 Å². The molecule has 0 spiro atoms. The summed E-state index contributed by atoms with van der Waals surface area (Å²) in [7, 11) is 0. The molecule has 0 rings (SSSR count). The minimum atomic E-state index is 0.567. The predicted molar refractivity (Wildman–Crippen MR) is 175 cm³/mol. The summed E-state index contributed by atoms with van der Waals surface area (Å²) in [6, 6.07) is 0. The van der Waals surface area contributed by atoms with Crippen molar-refractivity contribution >= 4 is 0 Å². The zero-order valence-corrected chi connectivity index (χ0v) is 28.2. The minimum Gasteiger partial charge on any atom is -0.379 e. The summed E-state index contributed by atoms with van der Waals surface area (Å²) < 4.78 is 38.9. The second-order valence-electron chi connectivity index (χ2n) is 11.3. The normalized spacial score (nSPS) is 11.6. The van der Waals surface area contributed by atoms with Crippen molar-refractivity contribution in [1.29, 1.82) is 0 Å². The van der Waals surface area contributed by atoms with E-state index in [9.17, 15) is 0 Å². The first-order valence-electron chi connectivity index (χ1n) is 18.0. The maximum Gasteiger partial charge on any atom is 0.0701 e. The number of hydrogen-bond donors (Lipinski definition) is 0. The van der Waals surface area contributed by atoms with Gasteiger partial charge in [-0.05, 0) is 12.8 Å². The SMILES string of the molecule is CCCCCCCCCCCCCCCOCCOCCOCCOCCOCCOCCOCCCCCCCC. The summed E-state index contributed by atoms with van der Waals surface area (Å²) in [6.45, 7) is 13.4. The van der Waals surface area contributed by atoms with E-state index in [-0.39, 0.29) is 0 Å². The maximum atomic E-state index is 5.67. The van der Waals surface area contributed by atoms with Gasteiger partial charge in [-0.3, -0.25) is 0 Å². The van der Waals surface area contributed by atoms with Gasteiger partial charge in [-0.2, -0.15) is 0 Å². The first kappa shape index (κ1) is 41.7. The van der Waals surface area contributed by atoms with Crippen LogP contribution in [0.5, 0.6) is 0 Å². The molecule has 0 saturated carbocycles. The molecule has 7 nitrogen and oxygen atoms in total. The van der Waals surface area contributed by atoms with E-state index in [1.165, 1.54) is 109 Å². The molecule has 0 atom stereocenters. The molecule has 0 bridgehead atoms. The van der Waals surface area contributed by atoms with Gasteiger partial charge in [0.25, 0.3) is 0 Å². The first-order valence-corrected chi connectivity index (χ1v) is 18.0. The molecule has 42 heavy (non-hydrogen) atoms. The monoisotopic (exact) mass is 605 g/mol. The Morgan fingerprint density at radius 3 is 0.571 bits per heavy atom. The zero-order chi connectivity index (χ0) is 30.3. The van der Waals surface area contributed by atoms with Gasteiger partial charge in [-0.1, -0.05) is 123 Å². The molecule has 0 aromatic heterocycles. The summed E-state index contributed by atoms with van der Waals surface area (Å²) in [5.41, 5.74) is 0. The molecule has 254 valence electrons. The molecule has 0 aromatic rings. The van der Waals surface area contributed by atoms with Gasteiger partial charge in [0.2, 0.25) is 0 Å². The van der Waals surface area contributed by atoms with Crippen molar-refractivity contribution in [2.45, 2.75) is 136 Å². The van der Waals surface area contributed by atoms with Crippen molar-refractivity contribution in [2.24, 2.45) is 0 Å². The fraction of sp³-hybridized carbons (Fsp3) is 1.00. The largest absolute Gasteiger partial charge is 0.379 e. The van der Waals surface area contributed by atoms with Crippen LogP contribution in [0.1, 0.15) is 136 Å². The van der Waals surface area contributed by atoms with Crippen LogP contribution in [0.15, 0.2) is 0 Å². The smallest absolute Gasteiger partial charge is 0.0701 e. The van der Waals surface area contributed by atoms with E-state index in [0.717, 1.165) is 26.1 Å². The molecular formula is C35H72O7. The summed E-state index contributed by atoms with van der Waals surface area (Å²) >= 11 is 0. The van der Waals surface area contributed by atoms with Crippen LogP contribution in [0.4, 0.5) is 0 Å². The zero-order valence-electron chi connectivity index (χ0n) is 28.2. The van der Waals surface area contributed by atoms with Gasteiger partial charge in [-0.25, -0.2) is 0 Å². The molecule has 0 aliphatic heterocycles. The summed E-state index contributed by atoms with van der Waals surface area (Å²) in [6.07, 6.45) is 25.7. The Morgan fingerprint density at radius 1 is 0.190 bits per heavy atom. The lowest BCUT2D eigenvalue weighted by Crippen LogP contribution is -2.14. The standard InChI is InChI=1S/C35H72O7/c1-3-5-7-9-11-12-13-14-15-16-17-19-21-23-37-25-27-39-29-31-41-33-35-42-34-32-40-30-28-38-26-24-36-22-20-18-10-8-6-4-2/h3-35H2,1-2H3. The molecule has 0 unspecified atom stereocenters. The van der Waals surface area contributed by atoms with Crippen LogP contribution in [-0.4, -0.2) is 92.5 Å². The molecule has 0 radical (unpaired) electrons. The van der Waals surface area contributed by atoms with E-state index in [1.54, 1.807) is 0 Å². The highest BCUT2D eigenvalue weighted by Gasteiger charge is 1.97. The van der Waals surface area contributed by atoms with E-state index >= 15 is 0 Å². The predicted octanol–water partition coefficient (Wildman–Crippen LogP) is 8.55. The third-order valence-corrected chi connectivity index (χ3v) is 7.27. The lowest BCUT2D eigenvalue weighted by molar-refractivity contribution is -0.0206. The van der Waals surface area contributed by atoms with E-state index in [4.69, 9.17) is 33.2 Å². The molecule has 0 saturated heterocycles. The van der Waals surface area contributed by atoms with Gasteiger partial charge in [-0.15, -0.1) is 0 Å². The topological polar surface area (TPSA) is 64.6 Å². The van der Waals surface area contributed by atoms with E-state index in [2.05, 4.69) is 13.8 Å². The highest BCUT2D eigenvalue weighted by molar-refractivity contribution is 4.49. The molecule has 0 aliphatic rings. The van der Waals surface area contributed by atoms with Crippen molar-refractivity contribution in [3.05, 3.63) is 0 Å². The van der Waals surface area contributed by atoms with Crippen molar-refractivity contribution in [3.8, 4) is 0 Å². The molecule has 0 amide bonds. The van der Waals surface area contributed by atoms with Crippen molar-refractivity contribution in [2.75, 3.05) is 92.5 Å². The molecule has 0 heterocycles. The van der Waals surface area contributed by atoms with Crippen LogP contribution in [0, 0.1) is 0 Å². The Labute approximate surface area is 261 Å². The molecule has 7 heteroatoms. The molecule has 0 aliphatic carbocycles. The number of hydrogen-bond acceptors (Lipinski definition) is 7. The maximum absolute atomic E-state index is 5.67. The van der Waals surface area contributed by atoms with E-state index < -0.39 is 0 Å². The van der Waals surface area contributed by atoms with Crippen LogP contribution in [0.3, 0.4) is 0 Å². The number of ether oxygens (including phenoxy) is 7. The fourth-order valence-electron chi connectivity index (χ4n) is 4.63. The lowest BCUT2D eigenvalue weighted by Gasteiger charge is -2.08. The van der Waals surface area contributed by atoms with Crippen LogP contribution in [-0.2, 0) is 33.2 Å². The first-order chi connectivity index (χ1) is 20.9. The van der Waals surface area contributed by atoms with Gasteiger partial charge in [0.15, 0.2) is 0 Å². The van der Waals surface area contributed by atoms with E-state index in [0.29, 0.717) is 79.3 Å². The second kappa shape index (κ2) is 40.7. The van der Waals surface area contributed by atoms with Crippen LogP contribution in [0.2, 0.25) is 0 Å². The highest BCUT2D eigenvalue weighted by Crippen LogP contribution is 2.12. The van der Waals surface area contributed by atoms with Gasteiger partial charge < -0.3 is 33.2 Å². The number of unbranched alkanes of at least 4 members (excludes halogenated alkanes) is 17. The average molecular weight is 605 g/mol. The molecule has 0 fully saturated rings. The average Bonchev–Trinajstić information content (AvgIpc) is 3.00. The quantitative estimate of drug-likeness (QED) is 0.0651. The second-order valence-corrected chi connectivity index (χ2v) is 11.3. The van der Waals surface area contributed by atoms with E-state index in [1.807, 2.05) is 0 Å². The summed E-state index contributed by atoms with van der Waals surface area (Å²) in [5, 5.41) is 0. The van der Waals surface area contributed by atoms with Gasteiger partial charge >= 0.3 is 0 Å². The van der Waals surface area contributed by atoms with Crippen LogP contribution >= 0.6 is 0 Å². The van der Waals surface area contributed by atoms with Crippen LogP contribution < -0.4 is 0 Å². The highest BCUT2D eigenvalue weighted by atomic mass is 16.6. The fourth-order valence-corrected chi connectivity index (χ4v) is 4.63. The molecular weight excluding hydrogens is 532 g/mol. The molecule has 0 aromatic carbocycles. The van der Waals surface area contributed by atoms with Crippen molar-refractivity contribution in [3.63, 3.8) is 0 Å². The van der Waals surface area contributed by atoms with Gasteiger partial charge in [0, 0.05) is 13.2 Å². The Hall–Kier alpha value is -0.280. The van der Waals surface area contributed by atoms with Gasteiger partial charge in [0.05, 0.1) is 79.3 Å². The van der Waals surface area contributed by atoms with Gasteiger partial charge in [0.1, 0.15) is 0 Å². The summed E-state index contributed by atoms with van der Waals surface area (Å²) in [5.74, 6) is 0. The Bertz CT molecular complexity index is 413. The Morgan fingerprint density at radius 2 is 0.357 bits per heavy atom. The van der Waals surface area contributed by atoms with Crippen molar-refractivity contribution < 1.29 is 33.2 Å². The third kappa shape index (κ3) is 39.7. The molecule has 0 N–H and O–H groups in total. The van der Waals surface area contributed by atoms with Crippen molar-refractivity contribution in [1.82, 2.24) is 0 Å². The number of rotatable bonds is 39. The third-order valence-electron chi connectivity index (χ3n) is 7.27. The Kier molecular flexibility index (Phi) is 40.4.